The highest BCUT2D eigenvalue weighted by molar-refractivity contribution is 9.09. The zero-order valence-corrected chi connectivity index (χ0v) is 11.7. The molecule has 0 amide bonds. The molecule has 0 saturated heterocycles. The first-order valence-corrected chi connectivity index (χ1v) is 7.25. The van der Waals surface area contributed by atoms with Gasteiger partial charge in [-0.15, -0.1) is 0 Å². The van der Waals surface area contributed by atoms with Crippen molar-refractivity contribution in [2.45, 2.75) is 29.4 Å². The highest BCUT2D eigenvalue weighted by atomic mass is 79.9. The van der Waals surface area contributed by atoms with Gasteiger partial charge in [0, 0.05) is 10.6 Å². The minimum absolute atomic E-state index is 0.0800. The van der Waals surface area contributed by atoms with Crippen LogP contribution in [0.2, 0.25) is 0 Å². The highest BCUT2D eigenvalue weighted by Crippen LogP contribution is 2.41. The van der Waals surface area contributed by atoms with Crippen molar-refractivity contribution in [3.05, 3.63) is 24.3 Å². The molecule has 0 spiro atoms. The maximum Gasteiger partial charge on any atom is 0.169 e. The standard InChI is InChI=1S/C12H13BrN2S/c1-12(2)10(13)7-16-11-14-8-5-3-4-6-9(8)15(11)12/h3-6,10H,7H2,1-2H3/t10-/m0/s1. The molecular weight excluding hydrogens is 284 g/mol. The van der Waals surface area contributed by atoms with Crippen molar-refractivity contribution >= 4 is 38.7 Å². The Kier molecular flexibility index (Phi) is 2.33. The summed E-state index contributed by atoms with van der Waals surface area (Å²) in [6.45, 7) is 4.54. The monoisotopic (exact) mass is 296 g/mol. The highest BCUT2D eigenvalue weighted by Gasteiger charge is 2.37. The fraction of sp³-hybridized carbons (Fsp3) is 0.417. The molecule has 16 heavy (non-hydrogen) atoms. The van der Waals surface area contributed by atoms with Crippen molar-refractivity contribution < 1.29 is 0 Å². The van der Waals surface area contributed by atoms with Crippen LogP contribution in [0.15, 0.2) is 29.4 Å². The van der Waals surface area contributed by atoms with Crippen molar-refractivity contribution in [2.75, 3.05) is 5.75 Å². The fourth-order valence-corrected chi connectivity index (χ4v) is 4.08. The van der Waals surface area contributed by atoms with Crippen LogP contribution < -0.4 is 0 Å². The Morgan fingerprint density at radius 2 is 2.19 bits per heavy atom. The molecule has 1 aliphatic rings. The Bertz CT molecular complexity index is 547. The molecule has 84 valence electrons. The van der Waals surface area contributed by atoms with Crippen LogP contribution in [0.1, 0.15) is 13.8 Å². The number of halogens is 1. The lowest BCUT2D eigenvalue weighted by atomic mass is 10.0. The zero-order valence-electron chi connectivity index (χ0n) is 9.27. The van der Waals surface area contributed by atoms with E-state index in [1.807, 2.05) is 17.8 Å². The number of imidazole rings is 1. The van der Waals surface area contributed by atoms with Gasteiger partial charge >= 0.3 is 0 Å². The van der Waals surface area contributed by atoms with E-state index in [0.717, 1.165) is 16.4 Å². The molecule has 0 saturated carbocycles. The van der Waals surface area contributed by atoms with E-state index in [2.05, 4.69) is 57.5 Å². The minimum Gasteiger partial charge on any atom is -0.312 e. The van der Waals surface area contributed by atoms with Crippen molar-refractivity contribution in [1.29, 1.82) is 0 Å². The quantitative estimate of drug-likeness (QED) is 0.691. The average molecular weight is 297 g/mol. The molecule has 3 rings (SSSR count). The van der Waals surface area contributed by atoms with Crippen molar-refractivity contribution in [2.24, 2.45) is 0 Å². The van der Waals surface area contributed by atoms with Crippen LogP contribution in [0.3, 0.4) is 0 Å². The summed E-state index contributed by atoms with van der Waals surface area (Å²) >= 11 is 5.61. The van der Waals surface area contributed by atoms with Gasteiger partial charge in [-0.25, -0.2) is 4.98 Å². The molecule has 1 aliphatic heterocycles. The predicted molar refractivity (Wildman–Crippen MR) is 72.5 cm³/mol. The van der Waals surface area contributed by atoms with E-state index in [9.17, 15) is 0 Å². The summed E-state index contributed by atoms with van der Waals surface area (Å²) in [5, 5.41) is 1.14. The third-order valence-corrected chi connectivity index (χ3v) is 6.14. The second-order valence-electron chi connectivity index (χ2n) is 4.65. The number of rotatable bonds is 0. The molecule has 2 nitrogen and oxygen atoms in total. The minimum atomic E-state index is 0.0800. The van der Waals surface area contributed by atoms with Gasteiger partial charge in [0.05, 0.1) is 16.6 Å². The van der Waals surface area contributed by atoms with Gasteiger partial charge in [0.25, 0.3) is 0 Å². The molecule has 0 aliphatic carbocycles. The maximum atomic E-state index is 4.69. The number of benzene rings is 1. The number of hydrogen-bond donors (Lipinski definition) is 0. The van der Waals surface area contributed by atoms with Crippen LogP contribution in [-0.2, 0) is 5.54 Å². The smallest absolute Gasteiger partial charge is 0.169 e. The van der Waals surface area contributed by atoms with E-state index in [-0.39, 0.29) is 5.54 Å². The first-order chi connectivity index (χ1) is 7.60. The molecule has 1 aromatic carbocycles. The molecular formula is C12H13BrN2S. The van der Waals surface area contributed by atoms with E-state index in [1.54, 1.807) is 0 Å². The van der Waals surface area contributed by atoms with E-state index in [0.29, 0.717) is 4.83 Å². The summed E-state index contributed by atoms with van der Waals surface area (Å²) in [7, 11) is 0. The number of aromatic nitrogens is 2. The molecule has 2 aromatic rings. The molecule has 2 heterocycles. The van der Waals surface area contributed by atoms with Gasteiger partial charge < -0.3 is 4.57 Å². The Labute approximate surface area is 108 Å². The van der Waals surface area contributed by atoms with E-state index < -0.39 is 0 Å². The van der Waals surface area contributed by atoms with E-state index in [1.165, 1.54) is 5.52 Å². The first-order valence-electron chi connectivity index (χ1n) is 5.35. The largest absolute Gasteiger partial charge is 0.312 e. The summed E-state index contributed by atoms with van der Waals surface area (Å²) in [6.07, 6.45) is 0. The second kappa shape index (κ2) is 3.50. The Morgan fingerprint density at radius 3 is 3.00 bits per heavy atom. The molecule has 1 atom stereocenters. The topological polar surface area (TPSA) is 17.8 Å². The van der Waals surface area contributed by atoms with Crippen LogP contribution in [0.4, 0.5) is 0 Å². The molecule has 0 bridgehead atoms. The van der Waals surface area contributed by atoms with Gasteiger partial charge in [-0.05, 0) is 26.0 Å². The van der Waals surface area contributed by atoms with E-state index >= 15 is 0 Å². The molecule has 0 fully saturated rings. The van der Waals surface area contributed by atoms with Gasteiger partial charge in [0.2, 0.25) is 0 Å². The van der Waals surface area contributed by atoms with Gasteiger partial charge in [0.1, 0.15) is 0 Å². The Hall–Kier alpha value is -0.480. The second-order valence-corrected chi connectivity index (χ2v) is 6.74. The zero-order chi connectivity index (χ0) is 11.3. The molecule has 0 unspecified atom stereocenters. The number of hydrogen-bond acceptors (Lipinski definition) is 2. The fourth-order valence-electron chi connectivity index (χ4n) is 2.15. The Morgan fingerprint density at radius 1 is 1.44 bits per heavy atom. The van der Waals surface area contributed by atoms with Crippen LogP contribution in [0.5, 0.6) is 0 Å². The maximum absolute atomic E-state index is 4.69. The molecule has 0 radical (unpaired) electrons. The van der Waals surface area contributed by atoms with Crippen LogP contribution >= 0.6 is 27.7 Å². The number of alkyl halides is 1. The summed E-state index contributed by atoms with van der Waals surface area (Å²) in [4.78, 5) is 5.17. The van der Waals surface area contributed by atoms with E-state index in [4.69, 9.17) is 0 Å². The lowest BCUT2D eigenvalue weighted by Crippen LogP contribution is -2.40. The predicted octanol–water partition coefficient (Wildman–Crippen LogP) is 3.64. The lowest BCUT2D eigenvalue weighted by Gasteiger charge is -2.37. The third kappa shape index (κ3) is 1.36. The summed E-state index contributed by atoms with van der Waals surface area (Å²) < 4.78 is 2.36. The number of fused-ring (bicyclic) bond motifs is 3. The van der Waals surface area contributed by atoms with Crippen LogP contribution in [0, 0.1) is 0 Å². The summed E-state index contributed by atoms with van der Waals surface area (Å²) in [6, 6.07) is 8.36. The van der Waals surface area contributed by atoms with Crippen molar-refractivity contribution in [1.82, 2.24) is 9.55 Å². The van der Waals surface area contributed by atoms with Crippen LogP contribution in [-0.4, -0.2) is 20.1 Å². The molecule has 1 aromatic heterocycles. The molecule has 0 N–H and O–H groups in total. The third-order valence-electron chi connectivity index (χ3n) is 3.23. The number of thioether (sulfide) groups is 1. The Balaban J connectivity index is 2.35. The van der Waals surface area contributed by atoms with Gasteiger partial charge in [-0.3, -0.25) is 0 Å². The van der Waals surface area contributed by atoms with Crippen molar-refractivity contribution in [3.63, 3.8) is 0 Å². The van der Waals surface area contributed by atoms with Crippen LogP contribution in [0.25, 0.3) is 11.0 Å². The number of para-hydroxylation sites is 2. The first kappa shape index (κ1) is 10.7. The number of nitrogens with zero attached hydrogens (tertiary/aromatic N) is 2. The summed E-state index contributed by atoms with van der Waals surface area (Å²) in [5.41, 5.74) is 2.41. The normalized spacial score (nSPS) is 23.3. The van der Waals surface area contributed by atoms with Crippen molar-refractivity contribution in [3.8, 4) is 0 Å². The average Bonchev–Trinajstić information content (AvgIpc) is 2.63. The lowest BCUT2D eigenvalue weighted by molar-refractivity contribution is 0.336. The van der Waals surface area contributed by atoms with Gasteiger partial charge in [-0.2, -0.15) is 0 Å². The SMILES string of the molecule is CC1(C)[C@@H](Br)CSc2nc3ccccc3n21. The summed E-state index contributed by atoms with van der Waals surface area (Å²) in [5.74, 6) is 1.08. The van der Waals surface area contributed by atoms with Gasteiger partial charge in [0.15, 0.2) is 5.16 Å². The molecule has 4 heteroatoms. The van der Waals surface area contributed by atoms with Gasteiger partial charge in [-0.1, -0.05) is 39.8 Å².